The molecule has 0 unspecified atom stereocenters. The van der Waals surface area contributed by atoms with Crippen molar-refractivity contribution >= 4 is 11.9 Å². The molecule has 0 fully saturated rings. The number of halogens is 1. The summed E-state index contributed by atoms with van der Waals surface area (Å²) in [5.74, 6) is 0.0706. The molecule has 0 saturated carbocycles. The number of carbonyl (C=O) groups is 1. The fourth-order valence-electron chi connectivity index (χ4n) is 2.01. The second-order valence-electron chi connectivity index (χ2n) is 4.67. The van der Waals surface area contributed by atoms with E-state index in [-0.39, 0.29) is 11.5 Å². The Morgan fingerprint density at radius 2 is 1.91 bits per heavy atom. The van der Waals surface area contributed by atoms with E-state index in [9.17, 15) is 9.18 Å². The van der Waals surface area contributed by atoms with Crippen molar-refractivity contribution in [3.63, 3.8) is 0 Å². The highest BCUT2D eigenvalue weighted by Gasteiger charge is 2.14. The Kier molecular flexibility index (Phi) is 4.01. The molecule has 2 N–H and O–H groups in total. The molecule has 1 heterocycles. The van der Waals surface area contributed by atoms with Crippen LogP contribution in [0.2, 0.25) is 0 Å². The molecular formula is C16H13FN4O2. The molecule has 2 aromatic carbocycles. The van der Waals surface area contributed by atoms with Crippen LogP contribution >= 0.6 is 0 Å². The molecular weight excluding hydrogens is 299 g/mol. The second kappa shape index (κ2) is 6.27. The molecule has 3 aromatic rings. The maximum Gasteiger partial charge on any atom is 0.261 e. The van der Waals surface area contributed by atoms with E-state index in [0.717, 1.165) is 11.3 Å². The molecule has 0 aliphatic rings. The topological polar surface area (TPSA) is 79.9 Å². The van der Waals surface area contributed by atoms with Gasteiger partial charge in [-0.2, -0.15) is 4.98 Å². The number of nitrogens with zero attached hydrogens (tertiary/aromatic N) is 2. The smallest absolute Gasteiger partial charge is 0.261 e. The molecule has 23 heavy (non-hydrogen) atoms. The zero-order valence-corrected chi connectivity index (χ0v) is 12.2. The normalized spacial score (nSPS) is 10.3. The van der Waals surface area contributed by atoms with Crippen LogP contribution in [-0.4, -0.2) is 28.2 Å². The van der Waals surface area contributed by atoms with Crippen molar-refractivity contribution in [2.24, 2.45) is 0 Å². The van der Waals surface area contributed by atoms with Crippen LogP contribution in [0.3, 0.4) is 0 Å². The number of carbonyl (C=O) groups excluding carboxylic acids is 1. The molecule has 0 aliphatic heterocycles. The molecule has 6 nitrogen and oxygen atoms in total. The minimum absolute atomic E-state index is 0.0664. The van der Waals surface area contributed by atoms with Crippen molar-refractivity contribution in [2.45, 2.75) is 0 Å². The van der Waals surface area contributed by atoms with Crippen LogP contribution in [0.1, 0.15) is 10.4 Å². The molecule has 0 saturated heterocycles. The summed E-state index contributed by atoms with van der Waals surface area (Å²) in [6.45, 7) is 0. The first-order valence-corrected chi connectivity index (χ1v) is 6.80. The number of amides is 1. The number of anilines is 1. The first-order valence-electron chi connectivity index (χ1n) is 6.80. The number of benzene rings is 2. The third kappa shape index (κ3) is 3.18. The summed E-state index contributed by atoms with van der Waals surface area (Å²) in [7, 11) is 1.58. The van der Waals surface area contributed by atoms with Gasteiger partial charge in [-0.15, -0.1) is 5.10 Å². The van der Waals surface area contributed by atoms with E-state index in [4.69, 9.17) is 4.74 Å². The molecule has 7 heteroatoms. The lowest BCUT2D eigenvalue weighted by atomic mass is 10.2. The van der Waals surface area contributed by atoms with Crippen molar-refractivity contribution < 1.29 is 13.9 Å². The lowest BCUT2D eigenvalue weighted by molar-refractivity contribution is 0.102. The van der Waals surface area contributed by atoms with E-state index in [1.165, 1.54) is 18.2 Å². The van der Waals surface area contributed by atoms with Crippen LogP contribution in [0.25, 0.3) is 11.4 Å². The van der Waals surface area contributed by atoms with Crippen LogP contribution in [-0.2, 0) is 0 Å². The molecule has 3 rings (SSSR count). The van der Waals surface area contributed by atoms with Gasteiger partial charge in [0.25, 0.3) is 5.91 Å². The van der Waals surface area contributed by atoms with Crippen LogP contribution in [0.4, 0.5) is 10.3 Å². The zero-order chi connectivity index (χ0) is 16.2. The Morgan fingerprint density at radius 3 is 2.61 bits per heavy atom. The van der Waals surface area contributed by atoms with Crippen molar-refractivity contribution in [3.8, 4) is 17.1 Å². The summed E-state index contributed by atoms with van der Waals surface area (Å²) in [5.41, 5.74) is 0.716. The fraction of sp³-hybridized carbons (Fsp3) is 0.0625. The standard InChI is InChI=1S/C16H13FN4O2/c1-23-11-8-6-10(7-9-11)14-18-16(21-20-14)19-15(22)12-4-2-3-5-13(12)17/h2-9H,1H3,(H2,18,19,20,21,22). The van der Waals surface area contributed by atoms with E-state index in [1.54, 1.807) is 25.3 Å². The fourth-order valence-corrected chi connectivity index (χ4v) is 2.01. The molecule has 0 atom stereocenters. The number of H-pyrrole nitrogens is 1. The first-order chi connectivity index (χ1) is 11.2. The summed E-state index contributed by atoms with van der Waals surface area (Å²) >= 11 is 0. The lowest BCUT2D eigenvalue weighted by Gasteiger charge is -2.01. The quantitative estimate of drug-likeness (QED) is 0.776. The van der Waals surface area contributed by atoms with Gasteiger partial charge in [0.15, 0.2) is 5.82 Å². The largest absolute Gasteiger partial charge is 0.497 e. The number of hydrogen-bond acceptors (Lipinski definition) is 4. The van der Waals surface area contributed by atoms with Gasteiger partial charge < -0.3 is 4.74 Å². The van der Waals surface area contributed by atoms with Crippen molar-refractivity contribution in [3.05, 3.63) is 59.9 Å². The van der Waals surface area contributed by atoms with E-state index < -0.39 is 11.7 Å². The van der Waals surface area contributed by atoms with Gasteiger partial charge >= 0.3 is 0 Å². The van der Waals surface area contributed by atoms with Gasteiger partial charge in [0, 0.05) is 5.56 Å². The Balaban J connectivity index is 1.76. The molecule has 0 radical (unpaired) electrons. The maximum atomic E-state index is 13.6. The number of methoxy groups -OCH3 is 1. The predicted octanol–water partition coefficient (Wildman–Crippen LogP) is 2.87. The highest BCUT2D eigenvalue weighted by molar-refractivity contribution is 6.03. The van der Waals surface area contributed by atoms with E-state index >= 15 is 0 Å². The highest BCUT2D eigenvalue weighted by Crippen LogP contribution is 2.20. The molecule has 1 aromatic heterocycles. The SMILES string of the molecule is COc1ccc(-c2nc(NC(=O)c3ccccc3F)n[nH]2)cc1. The minimum atomic E-state index is -0.608. The third-order valence-electron chi connectivity index (χ3n) is 3.19. The van der Waals surface area contributed by atoms with E-state index in [1.807, 2.05) is 12.1 Å². The highest BCUT2D eigenvalue weighted by atomic mass is 19.1. The average molecular weight is 312 g/mol. The van der Waals surface area contributed by atoms with Crippen molar-refractivity contribution in [1.82, 2.24) is 15.2 Å². The number of hydrogen-bond donors (Lipinski definition) is 2. The maximum absolute atomic E-state index is 13.6. The zero-order valence-electron chi connectivity index (χ0n) is 12.2. The molecule has 116 valence electrons. The minimum Gasteiger partial charge on any atom is -0.497 e. The van der Waals surface area contributed by atoms with Crippen LogP contribution in [0.5, 0.6) is 5.75 Å². The van der Waals surface area contributed by atoms with Gasteiger partial charge in [-0.05, 0) is 36.4 Å². The summed E-state index contributed by atoms with van der Waals surface area (Å²) in [4.78, 5) is 16.2. The monoisotopic (exact) mass is 312 g/mol. The molecule has 1 amide bonds. The number of ether oxygens (including phenoxy) is 1. The first kappa shape index (κ1) is 14.7. The van der Waals surface area contributed by atoms with Crippen molar-refractivity contribution in [1.29, 1.82) is 0 Å². The molecule has 0 spiro atoms. The lowest BCUT2D eigenvalue weighted by Crippen LogP contribution is -2.14. The van der Waals surface area contributed by atoms with E-state index in [2.05, 4.69) is 20.5 Å². The Morgan fingerprint density at radius 1 is 1.17 bits per heavy atom. The third-order valence-corrected chi connectivity index (χ3v) is 3.19. The van der Waals surface area contributed by atoms with Gasteiger partial charge in [0.2, 0.25) is 5.95 Å². The van der Waals surface area contributed by atoms with Gasteiger partial charge in [-0.3, -0.25) is 15.2 Å². The van der Waals surface area contributed by atoms with Gasteiger partial charge in [-0.1, -0.05) is 12.1 Å². The predicted molar refractivity (Wildman–Crippen MR) is 82.7 cm³/mol. The van der Waals surface area contributed by atoms with E-state index in [0.29, 0.717) is 5.82 Å². The van der Waals surface area contributed by atoms with Crippen molar-refractivity contribution in [2.75, 3.05) is 12.4 Å². The summed E-state index contributed by atoms with van der Waals surface area (Å²) < 4.78 is 18.6. The van der Waals surface area contributed by atoms with Gasteiger partial charge in [-0.25, -0.2) is 4.39 Å². The molecule has 0 bridgehead atoms. The Labute approximate surface area is 131 Å². The summed E-state index contributed by atoms with van der Waals surface area (Å²) in [5, 5.41) is 9.08. The Bertz CT molecular complexity index is 830. The number of aromatic amines is 1. The number of aromatic nitrogens is 3. The Hall–Kier alpha value is -3.22. The van der Waals surface area contributed by atoms with Gasteiger partial charge in [0.05, 0.1) is 12.7 Å². The van der Waals surface area contributed by atoms with Gasteiger partial charge in [0.1, 0.15) is 11.6 Å². The summed E-state index contributed by atoms with van der Waals surface area (Å²) in [6.07, 6.45) is 0. The average Bonchev–Trinajstić information content (AvgIpc) is 3.03. The summed E-state index contributed by atoms with van der Waals surface area (Å²) in [6, 6.07) is 12.9. The molecule has 0 aliphatic carbocycles. The number of rotatable bonds is 4. The second-order valence-corrected chi connectivity index (χ2v) is 4.67. The number of nitrogens with one attached hydrogen (secondary N) is 2. The van der Waals surface area contributed by atoms with Crippen LogP contribution in [0, 0.1) is 5.82 Å². The van der Waals surface area contributed by atoms with Crippen LogP contribution in [0.15, 0.2) is 48.5 Å². The van der Waals surface area contributed by atoms with Crippen LogP contribution < -0.4 is 10.1 Å².